The van der Waals surface area contributed by atoms with Crippen LogP contribution in [0.1, 0.15) is 276 Å². The number of benzene rings is 8. The molecule has 0 N–H and O–H groups in total. The Hall–Kier alpha value is -8.03. The van der Waals surface area contributed by atoms with E-state index in [-0.39, 0.29) is 70.5 Å². The van der Waals surface area contributed by atoms with E-state index in [1.807, 2.05) is 0 Å². The molecule has 0 amide bonds. The maximum absolute atomic E-state index is 15.8. The fourth-order valence-electron chi connectivity index (χ4n) is 37.0. The van der Waals surface area contributed by atoms with E-state index in [2.05, 4.69) is 269 Å². The molecule has 14 aromatic rings. The Bertz CT molecular complexity index is 6840. The first-order chi connectivity index (χ1) is 62.8. The van der Waals surface area contributed by atoms with Crippen molar-refractivity contribution in [2.24, 2.45) is 67.0 Å². The Labute approximate surface area is 822 Å². The smallest absolute Gasteiger partial charge is 0.872 e. The molecule has 16 aliphatic carbocycles. The molecule has 11 heteroatoms. The second-order valence-corrected chi connectivity index (χ2v) is 54.2. The van der Waals surface area contributed by atoms with Crippen molar-refractivity contribution < 1.29 is 46.3 Å². The summed E-state index contributed by atoms with van der Waals surface area (Å²) in [6, 6.07) is 56.4. The van der Waals surface area contributed by atoms with Crippen LogP contribution in [-0.2, 0) is 47.5 Å². The van der Waals surface area contributed by atoms with Gasteiger partial charge in [0.05, 0.1) is 22.8 Å². The Morgan fingerprint density at radius 2 is 0.504 bits per heavy atom. The van der Waals surface area contributed by atoms with Crippen molar-refractivity contribution in [2.45, 2.75) is 287 Å². The standard InChI is InChI=1S/2C61H65NO2S2.Hf/c2*1-34-20-42(52(63)43(21-34)60-26-38-22-56(5,30-60)28-57(6,23-38)31-60)54-49(40-14-9-11-18-46(40)65-54)44-16-13-17-45(62-44)50-41-15-10-12-19-47(41)66-55(50)48-36(3)35(2)37(4)51(53(48)64)61-27-39-24-58(7,32-61)29-59(8,25-39)33-61;/h2*9-21,38-39,63-64H,22-33H2,1-8H3;/q;;+4/p-4/t2*38?,39?,56-,57+,58-,59+,60?,61?;. The molecule has 0 saturated heterocycles. The van der Waals surface area contributed by atoms with Crippen LogP contribution >= 0.6 is 45.3 Å². The number of nitrogens with zero attached hydrogens (tertiary/aromatic N) is 2. The van der Waals surface area contributed by atoms with Crippen molar-refractivity contribution in [2.75, 3.05) is 0 Å². The summed E-state index contributed by atoms with van der Waals surface area (Å²) in [4.78, 5) is 15.5. The normalized spacial score (nSPS) is 32.7. The minimum atomic E-state index is -0.0790. The van der Waals surface area contributed by atoms with Gasteiger partial charge >= 0.3 is 25.8 Å². The molecule has 16 aliphatic rings. The van der Waals surface area contributed by atoms with Crippen LogP contribution in [0.5, 0.6) is 23.0 Å². The van der Waals surface area contributed by atoms with E-state index in [0.717, 1.165) is 228 Å². The molecule has 676 valence electrons. The number of aromatic nitrogens is 2. The fraction of sp³-hybridized carbons (Fsp3) is 0.459. The zero-order valence-electron chi connectivity index (χ0n) is 81.0. The quantitative estimate of drug-likeness (QED) is 0.112. The average molecular weight is 1990 g/mol. The van der Waals surface area contributed by atoms with Gasteiger partial charge in [0.2, 0.25) is 0 Å². The molecule has 0 radical (unpaired) electrons. The summed E-state index contributed by atoms with van der Waals surface area (Å²) >= 11 is 6.98. The van der Waals surface area contributed by atoms with Crippen molar-refractivity contribution in [3.05, 3.63) is 224 Å². The van der Waals surface area contributed by atoms with Crippen LogP contribution in [0.3, 0.4) is 0 Å². The van der Waals surface area contributed by atoms with Gasteiger partial charge < -0.3 is 20.4 Å². The van der Waals surface area contributed by atoms with Crippen LogP contribution in [-0.4, -0.2) is 9.97 Å². The first kappa shape index (κ1) is 87.7. The predicted octanol–water partition coefficient (Wildman–Crippen LogP) is 32.1. The van der Waals surface area contributed by atoms with Crippen molar-refractivity contribution in [3.8, 4) is 110 Å². The van der Waals surface area contributed by atoms with Crippen molar-refractivity contribution in [1.82, 2.24) is 9.97 Å². The minimum absolute atomic E-state index is 0. The van der Waals surface area contributed by atoms with Crippen LogP contribution in [0.4, 0.5) is 0 Å². The predicted molar refractivity (Wildman–Crippen MR) is 546 cm³/mol. The van der Waals surface area contributed by atoms with Crippen LogP contribution < -0.4 is 20.4 Å². The van der Waals surface area contributed by atoms with E-state index < -0.39 is 0 Å². The van der Waals surface area contributed by atoms with Crippen molar-refractivity contribution >= 4 is 85.7 Å². The second kappa shape index (κ2) is 29.5. The maximum atomic E-state index is 15.8. The summed E-state index contributed by atoms with van der Waals surface area (Å²) in [5, 5.41) is 67.1. The van der Waals surface area contributed by atoms with Gasteiger partial charge in [-0.1, -0.05) is 199 Å². The fourth-order valence-corrected chi connectivity index (χ4v) is 42.1. The van der Waals surface area contributed by atoms with Crippen LogP contribution in [0.15, 0.2) is 158 Å². The van der Waals surface area contributed by atoms with Gasteiger partial charge in [-0.05, 0) is 425 Å². The molecule has 6 aromatic heterocycles. The first-order valence-electron chi connectivity index (χ1n) is 50.1. The van der Waals surface area contributed by atoms with Gasteiger partial charge in [0.15, 0.2) is 0 Å². The van der Waals surface area contributed by atoms with E-state index >= 15 is 20.4 Å². The summed E-state index contributed by atoms with van der Waals surface area (Å²) in [7, 11) is 0. The zero-order chi connectivity index (χ0) is 91.0. The molecular formula is C122H126HfN2O4S4. The Kier molecular flexibility index (Phi) is 19.5. The van der Waals surface area contributed by atoms with Gasteiger partial charge in [-0.2, -0.15) is 0 Å². The molecule has 0 aliphatic heterocycles. The first-order valence-corrected chi connectivity index (χ1v) is 53.3. The number of hydrogen-bond donors (Lipinski definition) is 0. The Morgan fingerprint density at radius 1 is 0.256 bits per heavy atom. The van der Waals surface area contributed by atoms with E-state index in [1.54, 1.807) is 45.3 Å². The molecule has 8 unspecified atom stereocenters. The summed E-state index contributed by atoms with van der Waals surface area (Å²) in [6.45, 7) is 37.9. The molecule has 16 saturated carbocycles. The molecule has 6 nitrogen and oxygen atoms in total. The molecule has 16 fully saturated rings. The number of aryl methyl sites for hydroxylation is 2. The number of fused-ring (bicyclic) bond motifs is 4. The second-order valence-electron chi connectivity index (χ2n) is 50.0. The topological polar surface area (TPSA) is 118 Å². The molecule has 30 rings (SSSR count). The summed E-state index contributed by atoms with van der Waals surface area (Å²) in [6.07, 6.45) is 29.1. The summed E-state index contributed by atoms with van der Waals surface area (Å²) in [5.74, 6) is 3.72. The number of thiophene rings is 4. The van der Waals surface area contributed by atoms with Gasteiger partial charge in [0, 0.05) is 82.1 Å². The van der Waals surface area contributed by atoms with Gasteiger partial charge in [-0.15, -0.1) is 45.3 Å². The Balaban J connectivity index is 0.000000145. The number of rotatable bonds is 12. The minimum Gasteiger partial charge on any atom is -0.872 e. The monoisotopic (exact) mass is 1990 g/mol. The third kappa shape index (κ3) is 13.3. The zero-order valence-corrected chi connectivity index (χ0v) is 87.8. The molecule has 16 bridgehead atoms. The molecular weight excluding hydrogens is 1860 g/mol. The van der Waals surface area contributed by atoms with Crippen LogP contribution in [0, 0.1) is 122 Å². The molecule has 16 atom stereocenters. The molecule has 6 heterocycles. The van der Waals surface area contributed by atoms with E-state index in [4.69, 9.17) is 9.97 Å². The van der Waals surface area contributed by atoms with Crippen LogP contribution in [0.25, 0.3) is 127 Å². The van der Waals surface area contributed by atoms with Gasteiger partial charge in [-0.3, -0.25) is 0 Å². The maximum Gasteiger partial charge on any atom is 4.00 e. The van der Waals surface area contributed by atoms with E-state index in [0.29, 0.717) is 67.0 Å². The Morgan fingerprint density at radius 3 is 0.782 bits per heavy atom. The number of hydrogen-bond acceptors (Lipinski definition) is 10. The number of pyridine rings is 2. The van der Waals surface area contributed by atoms with Gasteiger partial charge in [0.25, 0.3) is 0 Å². The van der Waals surface area contributed by atoms with Gasteiger partial charge in [0.1, 0.15) is 0 Å². The molecule has 0 spiro atoms. The average Bonchev–Trinajstić information content (AvgIpc) is 1.09. The van der Waals surface area contributed by atoms with Crippen molar-refractivity contribution in [3.63, 3.8) is 0 Å². The summed E-state index contributed by atoms with van der Waals surface area (Å²) < 4.78 is 4.66. The van der Waals surface area contributed by atoms with Crippen molar-refractivity contribution in [1.29, 1.82) is 0 Å². The van der Waals surface area contributed by atoms with E-state index in [9.17, 15) is 0 Å². The largest absolute Gasteiger partial charge is 4.00 e. The van der Waals surface area contributed by atoms with E-state index in [1.165, 1.54) is 120 Å². The summed E-state index contributed by atoms with van der Waals surface area (Å²) in [5.41, 5.74) is 27.0. The molecule has 8 aromatic carbocycles. The molecule has 133 heavy (non-hydrogen) atoms. The van der Waals surface area contributed by atoms with Gasteiger partial charge in [-0.25, -0.2) is 9.97 Å². The third-order valence-electron chi connectivity index (χ3n) is 37.7. The third-order valence-corrected chi connectivity index (χ3v) is 42.5. The SMILES string of the molecule is Cc1cc(-c2sc3ccccc3c2-c2cccc(-c3c(-c4c(C)c(C)c(C)c(C56CC7C[C@@](C)(C5)C[C@](C)(C7)C6)c4[O-])sc4ccccc34)n2)c([O-])c(C23CC4C[C@@](C)(C2)C[C@](C)(C4)C3)c1.Cc1cc(-c2sc3ccccc3c2-c2cccc(-c3c(-c4c(C)c(C)c(C)c(C56CC7C[C@@](C)(C5)C[C@](C)(C7)C6)c4[O-])sc4ccccc34)n2)c([O-])c(C23CC4C[C@@](C)(C2)C[C@](C)(C4)C3)c1.[Hf+4]. The van der Waals surface area contributed by atoms with Crippen LogP contribution in [0.2, 0.25) is 0 Å².